The van der Waals surface area contributed by atoms with Gasteiger partial charge >= 0.3 is 0 Å². The minimum absolute atomic E-state index is 0.0956. The molecule has 0 saturated heterocycles. The maximum atomic E-state index is 11.5. The second kappa shape index (κ2) is 4.67. The van der Waals surface area contributed by atoms with Crippen LogP contribution in [0, 0.1) is 0 Å². The Morgan fingerprint density at radius 2 is 1.87 bits per heavy atom. The molecule has 1 heterocycles. The zero-order chi connectivity index (χ0) is 11.5. The van der Waals surface area contributed by atoms with Crippen LogP contribution >= 0.6 is 0 Å². The van der Waals surface area contributed by atoms with Gasteiger partial charge in [-0.2, -0.15) is 8.42 Å². The van der Waals surface area contributed by atoms with E-state index in [4.69, 9.17) is 4.18 Å². The van der Waals surface area contributed by atoms with Crippen LogP contribution in [0.2, 0.25) is 0 Å². The molecule has 5 nitrogen and oxygen atoms in total. The van der Waals surface area contributed by atoms with Crippen molar-refractivity contribution in [2.45, 2.75) is 13.3 Å². The molecule has 0 spiro atoms. The van der Waals surface area contributed by atoms with Crippen LogP contribution in [-0.2, 0) is 14.3 Å². The molecule has 0 fully saturated rings. The van der Waals surface area contributed by atoms with Gasteiger partial charge in [-0.1, -0.05) is 12.2 Å². The van der Waals surface area contributed by atoms with E-state index in [9.17, 15) is 8.42 Å². The molecule has 1 rings (SSSR count). The van der Waals surface area contributed by atoms with Gasteiger partial charge in [-0.3, -0.25) is 0 Å². The fraction of sp³-hybridized carbons (Fsp3) is 0.556. The number of allylic oxidation sites excluding steroid dienone is 1. The van der Waals surface area contributed by atoms with Crippen molar-refractivity contribution < 1.29 is 12.6 Å². The lowest BCUT2D eigenvalue weighted by Crippen LogP contribution is -2.38. The summed E-state index contributed by atoms with van der Waals surface area (Å²) in [7, 11) is 0.0164. The predicted octanol–water partition coefficient (Wildman–Crippen LogP) is 0.541. The van der Waals surface area contributed by atoms with Gasteiger partial charge in [0.15, 0.2) is 0 Å². The highest BCUT2D eigenvalue weighted by Crippen LogP contribution is 2.15. The highest BCUT2D eigenvalue weighted by atomic mass is 32.2. The molecule has 6 heteroatoms. The van der Waals surface area contributed by atoms with E-state index >= 15 is 0 Å². The standard InChI is InChI=1S/C9H16N2O3S/c1-4-5-8-15(12,13)14-9-10(2)6-7-11(9)3/h4-7,9H,8H2,1-3H3. The summed E-state index contributed by atoms with van der Waals surface area (Å²) in [4.78, 5) is 3.38. The molecular formula is C9H16N2O3S. The summed E-state index contributed by atoms with van der Waals surface area (Å²) in [6.45, 7) is 1.77. The van der Waals surface area contributed by atoms with Crippen molar-refractivity contribution in [3.8, 4) is 0 Å². The van der Waals surface area contributed by atoms with Crippen LogP contribution < -0.4 is 0 Å². The molecule has 0 unspecified atom stereocenters. The summed E-state index contributed by atoms with van der Waals surface area (Å²) in [5, 5.41) is 0. The van der Waals surface area contributed by atoms with Crippen molar-refractivity contribution in [3.63, 3.8) is 0 Å². The van der Waals surface area contributed by atoms with Crippen molar-refractivity contribution >= 4 is 10.1 Å². The number of nitrogens with zero attached hydrogens (tertiary/aromatic N) is 2. The largest absolute Gasteiger partial charge is 0.336 e. The average molecular weight is 232 g/mol. The lowest BCUT2D eigenvalue weighted by atomic mass is 10.6. The molecule has 0 atom stereocenters. The number of rotatable bonds is 4. The smallest absolute Gasteiger partial charge is 0.274 e. The van der Waals surface area contributed by atoms with Crippen molar-refractivity contribution in [3.05, 3.63) is 24.6 Å². The lowest BCUT2D eigenvalue weighted by Gasteiger charge is -2.26. The second-order valence-corrected chi connectivity index (χ2v) is 4.99. The average Bonchev–Trinajstić information content (AvgIpc) is 2.46. The van der Waals surface area contributed by atoms with Gasteiger partial charge in [0.2, 0.25) is 6.35 Å². The van der Waals surface area contributed by atoms with Gasteiger partial charge in [0.05, 0.1) is 5.75 Å². The van der Waals surface area contributed by atoms with E-state index in [0.29, 0.717) is 0 Å². The first kappa shape index (κ1) is 12.1. The molecule has 0 aliphatic carbocycles. The summed E-state index contributed by atoms with van der Waals surface area (Å²) in [6.07, 6.45) is 6.19. The molecule has 1 aliphatic rings. The zero-order valence-electron chi connectivity index (χ0n) is 9.12. The molecule has 0 radical (unpaired) electrons. The van der Waals surface area contributed by atoms with E-state index in [-0.39, 0.29) is 5.75 Å². The zero-order valence-corrected chi connectivity index (χ0v) is 9.94. The van der Waals surface area contributed by atoms with Crippen molar-refractivity contribution in [2.24, 2.45) is 0 Å². The van der Waals surface area contributed by atoms with Crippen LogP contribution in [0.1, 0.15) is 6.92 Å². The van der Waals surface area contributed by atoms with Gasteiger partial charge in [0, 0.05) is 26.5 Å². The summed E-state index contributed by atoms with van der Waals surface area (Å²) < 4.78 is 28.0. The number of hydrogen-bond donors (Lipinski definition) is 0. The molecular weight excluding hydrogens is 216 g/mol. The molecule has 86 valence electrons. The molecule has 0 N–H and O–H groups in total. The second-order valence-electron chi connectivity index (χ2n) is 3.34. The van der Waals surface area contributed by atoms with E-state index < -0.39 is 16.5 Å². The minimum Gasteiger partial charge on any atom is -0.336 e. The molecule has 0 aromatic rings. The molecule has 0 saturated carbocycles. The third kappa shape index (κ3) is 3.24. The first-order chi connectivity index (χ1) is 6.96. The highest BCUT2D eigenvalue weighted by Gasteiger charge is 2.26. The van der Waals surface area contributed by atoms with Crippen molar-refractivity contribution in [1.29, 1.82) is 0 Å². The van der Waals surface area contributed by atoms with Crippen LogP contribution in [0.25, 0.3) is 0 Å². The Kier molecular flexibility index (Phi) is 3.76. The first-order valence-corrected chi connectivity index (χ1v) is 6.18. The normalized spacial score (nSPS) is 18.3. The quantitative estimate of drug-likeness (QED) is 0.523. The molecule has 15 heavy (non-hydrogen) atoms. The maximum Gasteiger partial charge on any atom is 0.274 e. The van der Waals surface area contributed by atoms with E-state index in [1.165, 1.54) is 0 Å². The van der Waals surface area contributed by atoms with Crippen LogP contribution in [0.4, 0.5) is 0 Å². The van der Waals surface area contributed by atoms with Gasteiger partial charge in [0.1, 0.15) is 0 Å². The summed E-state index contributed by atoms with van der Waals surface area (Å²) in [5.41, 5.74) is 0. The lowest BCUT2D eigenvalue weighted by molar-refractivity contribution is 0.00532. The van der Waals surface area contributed by atoms with E-state index in [2.05, 4.69) is 0 Å². The predicted molar refractivity (Wildman–Crippen MR) is 58.1 cm³/mol. The van der Waals surface area contributed by atoms with Crippen molar-refractivity contribution in [2.75, 3.05) is 19.8 Å². The summed E-state index contributed by atoms with van der Waals surface area (Å²) >= 11 is 0. The SMILES string of the molecule is CC=CCS(=O)(=O)OC1N(C)C=CN1C. The molecule has 0 bridgehead atoms. The van der Waals surface area contributed by atoms with E-state index in [0.717, 1.165) is 0 Å². The third-order valence-electron chi connectivity index (χ3n) is 2.00. The number of hydrogen-bond acceptors (Lipinski definition) is 5. The highest BCUT2D eigenvalue weighted by molar-refractivity contribution is 7.86. The Labute approximate surface area is 90.7 Å². The van der Waals surface area contributed by atoms with E-state index in [1.807, 2.05) is 0 Å². The molecule has 1 aliphatic heterocycles. The summed E-state index contributed by atoms with van der Waals surface area (Å²) in [6, 6.07) is 0. The van der Waals surface area contributed by atoms with Crippen LogP contribution in [0.5, 0.6) is 0 Å². The fourth-order valence-electron chi connectivity index (χ4n) is 1.17. The Morgan fingerprint density at radius 1 is 1.33 bits per heavy atom. The Hall–Kier alpha value is -1.01. The topological polar surface area (TPSA) is 49.9 Å². The van der Waals surface area contributed by atoms with Crippen LogP contribution in [0.3, 0.4) is 0 Å². The fourth-order valence-corrected chi connectivity index (χ4v) is 2.21. The minimum atomic E-state index is -3.50. The molecule has 0 aromatic heterocycles. The van der Waals surface area contributed by atoms with Gasteiger partial charge in [0.25, 0.3) is 10.1 Å². The van der Waals surface area contributed by atoms with Gasteiger partial charge < -0.3 is 9.80 Å². The van der Waals surface area contributed by atoms with Gasteiger partial charge in [-0.25, -0.2) is 4.18 Å². The van der Waals surface area contributed by atoms with Gasteiger partial charge in [-0.05, 0) is 6.92 Å². The van der Waals surface area contributed by atoms with Crippen LogP contribution in [-0.4, -0.2) is 44.4 Å². The monoisotopic (exact) mass is 232 g/mol. The third-order valence-corrected chi connectivity index (χ3v) is 3.07. The molecule has 0 amide bonds. The van der Waals surface area contributed by atoms with Crippen molar-refractivity contribution in [1.82, 2.24) is 9.80 Å². The Bertz CT molecular complexity index is 350. The van der Waals surface area contributed by atoms with Crippen LogP contribution in [0.15, 0.2) is 24.6 Å². The summed E-state index contributed by atoms with van der Waals surface area (Å²) in [5.74, 6) is -0.0956. The maximum absolute atomic E-state index is 11.5. The van der Waals surface area contributed by atoms with E-state index in [1.54, 1.807) is 55.4 Å². The Balaban J connectivity index is 2.62. The Morgan fingerprint density at radius 3 is 2.33 bits per heavy atom. The van der Waals surface area contributed by atoms with Gasteiger partial charge in [-0.15, -0.1) is 0 Å². The molecule has 0 aromatic carbocycles. The first-order valence-electron chi connectivity index (χ1n) is 4.60.